The van der Waals surface area contributed by atoms with Gasteiger partial charge >= 0.3 is 5.97 Å². The van der Waals surface area contributed by atoms with Crippen LogP contribution in [0.25, 0.3) is 0 Å². The summed E-state index contributed by atoms with van der Waals surface area (Å²) in [5.41, 5.74) is 5.48. The van der Waals surface area contributed by atoms with Gasteiger partial charge in [0, 0.05) is 5.56 Å². The van der Waals surface area contributed by atoms with Crippen molar-refractivity contribution in [2.75, 3.05) is 6.79 Å². The Hall–Kier alpha value is -1.95. The number of fused-ring (bicyclic) bond motifs is 1. The van der Waals surface area contributed by atoms with E-state index < -0.39 is 12.0 Å². The van der Waals surface area contributed by atoms with Crippen molar-refractivity contribution in [3.63, 3.8) is 0 Å². The number of carboxylic acids is 1. The zero-order valence-corrected chi connectivity index (χ0v) is 7.64. The molecule has 4 N–H and O–H groups in total. The number of carbonyl (C=O) groups is 1. The maximum absolute atomic E-state index is 10.6. The largest absolute Gasteiger partial charge is 0.504 e. The van der Waals surface area contributed by atoms with Crippen LogP contribution in [0, 0.1) is 0 Å². The molecule has 80 valence electrons. The van der Waals surface area contributed by atoms with Gasteiger partial charge in [-0.1, -0.05) is 0 Å². The normalized spacial score (nSPS) is 15.0. The topological polar surface area (TPSA) is 102 Å². The maximum atomic E-state index is 10.6. The SMILES string of the molecule is NC(C(=O)O)c1ccc2c(c1O)OCO2. The summed E-state index contributed by atoms with van der Waals surface area (Å²) < 4.78 is 9.98. The van der Waals surface area contributed by atoms with Crippen LogP contribution in [0.1, 0.15) is 11.6 Å². The van der Waals surface area contributed by atoms with Crippen molar-refractivity contribution in [3.8, 4) is 17.2 Å². The number of hydrogen-bond acceptors (Lipinski definition) is 5. The number of hydrogen-bond donors (Lipinski definition) is 3. The number of phenolic OH excluding ortho intramolecular Hbond substituents is 1. The highest BCUT2D eigenvalue weighted by atomic mass is 16.7. The first-order chi connectivity index (χ1) is 7.11. The van der Waals surface area contributed by atoms with Gasteiger partial charge in [-0.05, 0) is 12.1 Å². The van der Waals surface area contributed by atoms with E-state index in [-0.39, 0.29) is 23.9 Å². The third-order valence-corrected chi connectivity index (χ3v) is 2.15. The number of aliphatic carboxylic acids is 1. The second-order valence-corrected chi connectivity index (χ2v) is 3.05. The first-order valence-corrected chi connectivity index (χ1v) is 4.21. The highest BCUT2D eigenvalue weighted by Gasteiger charge is 2.25. The van der Waals surface area contributed by atoms with Crippen LogP contribution in [-0.4, -0.2) is 23.0 Å². The van der Waals surface area contributed by atoms with Gasteiger partial charge in [-0.2, -0.15) is 0 Å². The van der Waals surface area contributed by atoms with Crippen molar-refractivity contribution in [3.05, 3.63) is 17.7 Å². The van der Waals surface area contributed by atoms with E-state index in [1.54, 1.807) is 0 Å². The zero-order chi connectivity index (χ0) is 11.0. The Bertz CT molecular complexity index is 417. The number of rotatable bonds is 2. The molecule has 0 saturated carbocycles. The van der Waals surface area contributed by atoms with Crippen molar-refractivity contribution in [2.45, 2.75) is 6.04 Å². The molecule has 15 heavy (non-hydrogen) atoms. The predicted molar refractivity (Wildman–Crippen MR) is 48.8 cm³/mol. The molecule has 6 nitrogen and oxygen atoms in total. The Morgan fingerprint density at radius 3 is 2.87 bits per heavy atom. The molecule has 1 aromatic rings. The molecule has 1 heterocycles. The molecule has 0 bridgehead atoms. The molecular weight excluding hydrogens is 202 g/mol. The number of phenols is 1. The average Bonchev–Trinajstić information content (AvgIpc) is 2.66. The molecule has 0 radical (unpaired) electrons. The first-order valence-electron chi connectivity index (χ1n) is 4.21. The van der Waals surface area contributed by atoms with Crippen LogP contribution >= 0.6 is 0 Å². The first kappa shape index (κ1) is 9.60. The van der Waals surface area contributed by atoms with Crippen molar-refractivity contribution < 1.29 is 24.5 Å². The van der Waals surface area contributed by atoms with Gasteiger partial charge in [0.15, 0.2) is 11.5 Å². The Labute approximate surface area is 84.8 Å². The molecule has 6 heteroatoms. The summed E-state index contributed by atoms with van der Waals surface area (Å²) in [6.07, 6.45) is 0. The molecule has 1 unspecified atom stereocenters. The fraction of sp³-hybridized carbons (Fsp3) is 0.222. The van der Waals surface area contributed by atoms with Crippen molar-refractivity contribution >= 4 is 5.97 Å². The van der Waals surface area contributed by atoms with E-state index in [4.69, 9.17) is 20.3 Å². The van der Waals surface area contributed by atoms with Crippen molar-refractivity contribution in [1.29, 1.82) is 0 Å². The van der Waals surface area contributed by atoms with Crippen LogP contribution in [0.3, 0.4) is 0 Å². The Balaban J connectivity index is 2.46. The van der Waals surface area contributed by atoms with E-state index in [1.807, 2.05) is 0 Å². The number of carboxylic acid groups (broad SMARTS) is 1. The fourth-order valence-corrected chi connectivity index (χ4v) is 1.36. The minimum atomic E-state index is -1.28. The highest BCUT2D eigenvalue weighted by molar-refractivity contribution is 5.77. The summed E-state index contributed by atoms with van der Waals surface area (Å²) in [7, 11) is 0. The van der Waals surface area contributed by atoms with E-state index in [0.717, 1.165) is 0 Å². The molecule has 0 amide bonds. The third kappa shape index (κ3) is 1.44. The van der Waals surface area contributed by atoms with Gasteiger partial charge in [0.1, 0.15) is 6.04 Å². The lowest BCUT2D eigenvalue weighted by Crippen LogP contribution is -2.20. The summed E-state index contributed by atoms with van der Waals surface area (Å²) in [6, 6.07) is 1.64. The zero-order valence-electron chi connectivity index (χ0n) is 7.64. The second kappa shape index (κ2) is 3.32. The Kier molecular flexibility index (Phi) is 2.12. The number of aromatic hydroxyl groups is 1. The van der Waals surface area contributed by atoms with E-state index in [1.165, 1.54) is 12.1 Å². The maximum Gasteiger partial charge on any atom is 0.325 e. The minimum Gasteiger partial charge on any atom is -0.504 e. The van der Waals surface area contributed by atoms with E-state index in [2.05, 4.69) is 0 Å². The van der Waals surface area contributed by atoms with Crippen LogP contribution < -0.4 is 15.2 Å². The van der Waals surface area contributed by atoms with E-state index >= 15 is 0 Å². The van der Waals surface area contributed by atoms with E-state index in [9.17, 15) is 9.90 Å². The molecular formula is C9H9NO5. The minimum absolute atomic E-state index is 0.00859. The molecule has 1 aliphatic heterocycles. The molecule has 0 aromatic heterocycles. The summed E-state index contributed by atoms with van der Waals surface area (Å²) >= 11 is 0. The smallest absolute Gasteiger partial charge is 0.325 e. The van der Waals surface area contributed by atoms with Crippen LogP contribution in [0.15, 0.2) is 12.1 Å². The summed E-state index contributed by atoms with van der Waals surface area (Å²) in [5.74, 6) is -0.970. The van der Waals surface area contributed by atoms with Gasteiger partial charge in [-0.15, -0.1) is 0 Å². The van der Waals surface area contributed by atoms with Gasteiger partial charge in [0.2, 0.25) is 12.5 Å². The quantitative estimate of drug-likeness (QED) is 0.646. The molecule has 1 aliphatic rings. The lowest BCUT2D eigenvalue weighted by molar-refractivity contribution is -0.138. The third-order valence-electron chi connectivity index (χ3n) is 2.15. The Morgan fingerprint density at radius 2 is 2.20 bits per heavy atom. The monoisotopic (exact) mass is 211 g/mol. The lowest BCUT2D eigenvalue weighted by Gasteiger charge is -2.10. The number of nitrogens with two attached hydrogens (primary N) is 1. The molecule has 0 fully saturated rings. The summed E-state index contributed by atoms with van der Waals surface area (Å²) in [6.45, 7) is 0.00859. The van der Waals surface area contributed by atoms with Crippen LogP contribution in [0.4, 0.5) is 0 Å². The molecule has 1 atom stereocenters. The van der Waals surface area contributed by atoms with Crippen LogP contribution in [0.5, 0.6) is 17.2 Å². The second-order valence-electron chi connectivity index (χ2n) is 3.05. The van der Waals surface area contributed by atoms with Crippen LogP contribution in [0.2, 0.25) is 0 Å². The predicted octanol–water partition coefficient (Wildman–Crippen LogP) is 0.205. The van der Waals surface area contributed by atoms with Crippen LogP contribution in [-0.2, 0) is 4.79 Å². The number of ether oxygens (including phenoxy) is 2. The van der Waals surface area contributed by atoms with Gasteiger partial charge < -0.3 is 25.4 Å². The van der Waals surface area contributed by atoms with Gasteiger partial charge in [0.25, 0.3) is 0 Å². The Morgan fingerprint density at radius 1 is 1.47 bits per heavy atom. The van der Waals surface area contributed by atoms with E-state index in [0.29, 0.717) is 5.75 Å². The van der Waals surface area contributed by atoms with Gasteiger partial charge in [-0.25, -0.2) is 0 Å². The van der Waals surface area contributed by atoms with Gasteiger partial charge in [-0.3, -0.25) is 4.79 Å². The highest BCUT2D eigenvalue weighted by Crippen LogP contribution is 2.43. The lowest BCUT2D eigenvalue weighted by atomic mass is 10.1. The molecule has 1 aromatic carbocycles. The standard InChI is InChI=1S/C9H9NO5/c10-6(9(12)13)4-1-2-5-8(7(4)11)15-3-14-5/h1-2,6,11H,3,10H2,(H,12,13). The molecule has 2 rings (SSSR count). The van der Waals surface area contributed by atoms with Gasteiger partial charge in [0.05, 0.1) is 0 Å². The molecule has 0 saturated heterocycles. The number of benzene rings is 1. The fourth-order valence-electron chi connectivity index (χ4n) is 1.36. The van der Waals surface area contributed by atoms with Crippen molar-refractivity contribution in [2.24, 2.45) is 5.73 Å². The average molecular weight is 211 g/mol. The molecule has 0 aliphatic carbocycles. The summed E-state index contributed by atoms with van der Waals surface area (Å²) in [4.78, 5) is 10.6. The van der Waals surface area contributed by atoms with Crippen molar-refractivity contribution in [1.82, 2.24) is 0 Å². The summed E-state index contributed by atoms with van der Waals surface area (Å²) in [5, 5.41) is 18.4. The molecule has 0 spiro atoms.